The molecule has 2 rings (SSSR count). The molecule has 0 radical (unpaired) electrons. The highest BCUT2D eigenvalue weighted by Gasteiger charge is 2.30. The molecule has 1 N–H and O–H groups in total. The summed E-state index contributed by atoms with van der Waals surface area (Å²) in [5, 5.41) is 8.93. The average molecular weight is 311 g/mol. The second-order valence-electron chi connectivity index (χ2n) is 4.85. The molecule has 1 aromatic rings. The van der Waals surface area contributed by atoms with Crippen molar-refractivity contribution in [1.29, 1.82) is 0 Å². The van der Waals surface area contributed by atoms with Crippen LogP contribution in [0.1, 0.15) is 36.0 Å². The first kappa shape index (κ1) is 13.3. The minimum atomic E-state index is -0.729. The number of hydrogen-bond acceptors (Lipinski definition) is 2. The Kier molecular flexibility index (Phi) is 4.17. The molecular weight excluding hydrogens is 296 g/mol. The third-order valence-corrected chi connectivity index (χ3v) is 4.00. The fourth-order valence-electron chi connectivity index (χ4n) is 2.53. The maximum absolute atomic E-state index is 12.1. The van der Waals surface area contributed by atoms with Gasteiger partial charge in [-0.15, -0.1) is 0 Å². The lowest BCUT2D eigenvalue weighted by atomic mass is 9.96. The summed E-state index contributed by atoms with van der Waals surface area (Å²) >= 11 is 3.34. The number of rotatable bonds is 4. The van der Waals surface area contributed by atoms with Crippen LogP contribution in [0, 0.1) is 11.8 Å². The van der Waals surface area contributed by atoms with Crippen LogP contribution in [0.2, 0.25) is 0 Å². The number of aliphatic carboxylic acids is 1. The van der Waals surface area contributed by atoms with Crippen molar-refractivity contribution in [3.05, 3.63) is 34.3 Å². The highest BCUT2D eigenvalue weighted by atomic mass is 79.9. The summed E-state index contributed by atoms with van der Waals surface area (Å²) in [7, 11) is 0. The number of carboxylic acids is 1. The van der Waals surface area contributed by atoms with Crippen molar-refractivity contribution in [3.8, 4) is 0 Å². The van der Waals surface area contributed by atoms with Crippen molar-refractivity contribution in [1.82, 2.24) is 0 Å². The molecule has 0 saturated heterocycles. The first-order valence-electron chi connectivity index (χ1n) is 6.08. The topological polar surface area (TPSA) is 54.4 Å². The maximum atomic E-state index is 12.1. The molecule has 0 spiro atoms. The van der Waals surface area contributed by atoms with Gasteiger partial charge in [-0.1, -0.05) is 28.1 Å². The molecule has 0 amide bonds. The quantitative estimate of drug-likeness (QED) is 0.866. The lowest BCUT2D eigenvalue weighted by Crippen LogP contribution is -2.11. The fraction of sp³-hybridized carbons (Fsp3) is 0.429. The minimum Gasteiger partial charge on any atom is -0.481 e. The van der Waals surface area contributed by atoms with E-state index < -0.39 is 5.97 Å². The van der Waals surface area contributed by atoms with Gasteiger partial charge < -0.3 is 5.11 Å². The van der Waals surface area contributed by atoms with Gasteiger partial charge in [0.25, 0.3) is 0 Å². The fourth-order valence-corrected chi connectivity index (χ4v) is 2.93. The van der Waals surface area contributed by atoms with Gasteiger partial charge in [0.1, 0.15) is 0 Å². The van der Waals surface area contributed by atoms with Gasteiger partial charge in [-0.05, 0) is 37.3 Å². The number of benzene rings is 1. The van der Waals surface area contributed by atoms with Gasteiger partial charge in [-0.3, -0.25) is 9.59 Å². The van der Waals surface area contributed by atoms with Crippen LogP contribution in [-0.4, -0.2) is 16.9 Å². The molecule has 0 heterocycles. The standard InChI is InChI=1S/C14H15BrO3/c15-12-3-1-2-10(8-12)13(16)7-9-4-5-11(6-9)14(17)18/h1-3,8-9,11H,4-7H2,(H,17,18). The van der Waals surface area contributed by atoms with Gasteiger partial charge >= 0.3 is 5.97 Å². The Morgan fingerprint density at radius 2 is 2.11 bits per heavy atom. The first-order valence-corrected chi connectivity index (χ1v) is 6.87. The molecule has 2 unspecified atom stereocenters. The van der Waals surface area contributed by atoms with Crippen molar-refractivity contribution in [3.63, 3.8) is 0 Å². The van der Waals surface area contributed by atoms with E-state index >= 15 is 0 Å². The monoisotopic (exact) mass is 310 g/mol. The zero-order valence-corrected chi connectivity index (χ0v) is 11.5. The number of carboxylic acid groups (broad SMARTS) is 1. The van der Waals surface area contributed by atoms with Gasteiger partial charge in [0.2, 0.25) is 0 Å². The molecule has 1 fully saturated rings. The normalized spacial score (nSPS) is 22.9. The largest absolute Gasteiger partial charge is 0.481 e. The van der Waals surface area contributed by atoms with Crippen LogP contribution in [-0.2, 0) is 4.79 Å². The molecule has 2 atom stereocenters. The molecule has 18 heavy (non-hydrogen) atoms. The molecule has 1 saturated carbocycles. The van der Waals surface area contributed by atoms with E-state index in [4.69, 9.17) is 5.11 Å². The SMILES string of the molecule is O=C(CC1CCC(C(=O)O)C1)c1cccc(Br)c1. The summed E-state index contributed by atoms with van der Waals surface area (Å²) in [4.78, 5) is 22.9. The van der Waals surface area contributed by atoms with E-state index in [1.165, 1.54) is 0 Å². The third-order valence-electron chi connectivity index (χ3n) is 3.51. The molecule has 1 aliphatic rings. The number of halogens is 1. The Bertz CT molecular complexity index is 470. The molecule has 4 heteroatoms. The summed E-state index contributed by atoms with van der Waals surface area (Å²) in [6.45, 7) is 0. The van der Waals surface area contributed by atoms with E-state index in [9.17, 15) is 9.59 Å². The van der Waals surface area contributed by atoms with Crippen molar-refractivity contribution < 1.29 is 14.7 Å². The summed E-state index contributed by atoms with van der Waals surface area (Å²) in [5.74, 6) is -0.664. The first-order chi connectivity index (χ1) is 8.56. The van der Waals surface area contributed by atoms with Crippen LogP contribution in [0.4, 0.5) is 0 Å². The summed E-state index contributed by atoms with van der Waals surface area (Å²) < 4.78 is 0.892. The molecule has 1 aliphatic carbocycles. The zero-order chi connectivity index (χ0) is 13.1. The van der Waals surface area contributed by atoms with Gasteiger partial charge in [-0.25, -0.2) is 0 Å². The predicted octanol–water partition coefficient (Wildman–Crippen LogP) is 3.52. The van der Waals surface area contributed by atoms with Crippen molar-refractivity contribution in [2.45, 2.75) is 25.7 Å². The Morgan fingerprint density at radius 3 is 2.72 bits per heavy atom. The Balaban J connectivity index is 1.95. The predicted molar refractivity (Wildman–Crippen MR) is 71.6 cm³/mol. The van der Waals surface area contributed by atoms with Crippen LogP contribution >= 0.6 is 15.9 Å². The van der Waals surface area contributed by atoms with E-state index in [0.717, 1.165) is 10.9 Å². The lowest BCUT2D eigenvalue weighted by Gasteiger charge is -2.08. The van der Waals surface area contributed by atoms with E-state index in [2.05, 4.69) is 15.9 Å². The molecule has 1 aromatic carbocycles. The minimum absolute atomic E-state index is 0.104. The molecule has 0 aliphatic heterocycles. The van der Waals surface area contributed by atoms with Crippen molar-refractivity contribution in [2.75, 3.05) is 0 Å². The maximum Gasteiger partial charge on any atom is 0.306 e. The number of ketones is 1. The lowest BCUT2D eigenvalue weighted by molar-refractivity contribution is -0.141. The van der Waals surface area contributed by atoms with Gasteiger partial charge in [-0.2, -0.15) is 0 Å². The highest BCUT2D eigenvalue weighted by molar-refractivity contribution is 9.10. The van der Waals surface area contributed by atoms with Crippen molar-refractivity contribution in [2.24, 2.45) is 11.8 Å². The third kappa shape index (κ3) is 3.19. The van der Waals surface area contributed by atoms with Crippen LogP contribution in [0.15, 0.2) is 28.7 Å². The van der Waals surface area contributed by atoms with Crippen molar-refractivity contribution >= 4 is 27.7 Å². The highest BCUT2D eigenvalue weighted by Crippen LogP contribution is 2.34. The van der Waals surface area contributed by atoms with E-state index in [1.54, 1.807) is 6.07 Å². The van der Waals surface area contributed by atoms with Gasteiger partial charge in [0, 0.05) is 16.5 Å². The van der Waals surface area contributed by atoms with Crippen LogP contribution in [0.3, 0.4) is 0 Å². The molecule has 3 nitrogen and oxygen atoms in total. The molecule has 0 bridgehead atoms. The number of hydrogen-bond donors (Lipinski definition) is 1. The Labute approximate surface area is 114 Å². The smallest absolute Gasteiger partial charge is 0.306 e. The Hall–Kier alpha value is -1.16. The molecular formula is C14H15BrO3. The van der Waals surface area contributed by atoms with Gasteiger partial charge in [0.05, 0.1) is 5.92 Å². The summed E-state index contributed by atoms with van der Waals surface area (Å²) in [6.07, 6.45) is 2.64. The van der Waals surface area contributed by atoms with E-state index in [1.807, 2.05) is 18.2 Å². The zero-order valence-electron chi connectivity index (χ0n) is 9.93. The second kappa shape index (κ2) is 5.65. The van der Waals surface area contributed by atoms with Crippen LogP contribution in [0.5, 0.6) is 0 Å². The van der Waals surface area contributed by atoms with E-state index in [-0.39, 0.29) is 17.6 Å². The Morgan fingerprint density at radius 1 is 1.33 bits per heavy atom. The molecule has 96 valence electrons. The second-order valence-corrected chi connectivity index (χ2v) is 5.77. The van der Waals surface area contributed by atoms with E-state index in [0.29, 0.717) is 24.8 Å². The number of carbonyl (C=O) groups excluding carboxylic acids is 1. The van der Waals surface area contributed by atoms with Crippen LogP contribution in [0.25, 0.3) is 0 Å². The number of Topliss-reactive ketones (excluding diaryl/α,β-unsaturated/α-hetero) is 1. The molecule has 0 aromatic heterocycles. The number of carbonyl (C=O) groups is 2. The summed E-state index contributed by atoms with van der Waals surface area (Å²) in [5.41, 5.74) is 0.697. The van der Waals surface area contributed by atoms with Gasteiger partial charge in [0.15, 0.2) is 5.78 Å². The van der Waals surface area contributed by atoms with Crippen LogP contribution < -0.4 is 0 Å². The average Bonchev–Trinajstić information content (AvgIpc) is 2.77. The summed E-state index contributed by atoms with van der Waals surface area (Å²) in [6, 6.07) is 7.33.